The maximum atomic E-state index is 12.8. The summed E-state index contributed by atoms with van der Waals surface area (Å²) < 4.78 is 38.4. The van der Waals surface area contributed by atoms with Gasteiger partial charge in [0.15, 0.2) is 5.69 Å². The number of benzene rings is 2. The van der Waals surface area contributed by atoms with Gasteiger partial charge in [0.1, 0.15) is 5.75 Å². The summed E-state index contributed by atoms with van der Waals surface area (Å²) in [6.07, 6.45) is -2.66. The monoisotopic (exact) mass is 404 g/mol. The van der Waals surface area contributed by atoms with E-state index in [0.717, 1.165) is 23.4 Å². The van der Waals surface area contributed by atoms with Crippen molar-refractivity contribution in [3.8, 4) is 5.75 Å². The predicted octanol–water partition coefficient (Wildman–Crippen LogP) is 3.70. The zero-order valence-corrected chi connectivity index (χ0v) is 15.5. The summed E-state index contributed by atoms with van der Waals surface area (Å²) >= 11 is 0. The van der Waals surface area contributed by atoms with Gasteiger partial charge < -0.3 is 15.7 Å². The van der Waals surface area contributed by atoms with E-state index in [9.17, 15) is 23.1 Å². The van der Waals surface area contributed by atoms with E-state index in [1.54, 1.807) is 12.3 Å². The van der Waals surface area contributed by atoms with Crippen molar-refractivity contribution in [2.24, 2.45) is 0 Å². The van der Waals surface area contributed by atoms with Gasteiger partial charge in [0.25, 0.3) is 5.91 Å². The Balaban J connectivity index is 1.78. The number of carbonyl (C=O) groups is 1. The molecule has 1 aromatic heterocycles. The third-order valence-electron chi connectivity index (χ3n) is 4.44. The molecule has 1 heterocycles. The Labute approximate surface area is 164 Å². The maximum absolute atomic E-state index is 12.8. The lowest BCUT2D eigenvalue weighted by Crippen LogP contribution is -2.20. The van der Waals surface area contributed by atoms with Crippen LogP contribution >= 0.6 is 0 Å². The molecule has 29 heavy (non-hydrogen) atoms. The van der Waals surface area contributed by atoms with E-state index in [1.807, 2.05) is 18.2 Å². The number of carbonyl (C=O) groups excluding carboxylic acids is 1. The van der Waals surface area contributed by atoms with Crippen molar-refractivity contribution in [3.63, 3.8) is 0 Å². The minimum Gasteiger partial charge on any atom is -0.508 e. The van der Waals surface area contributed by atoms with E-state index >= 15 is 0 Å². The topological polar surface area (TPSA) is 90.0 Å². The number of hydrogen-bond acceptors (Lipinski definition) is 4. The second-order valence-electron chi connectivity index (χ2n) is 6.37. The number of aromatic amines is 1. The summed E-state index contributed by atoms with van der Waals surface area (Å²) in [6.45, 7) is 0.315. The first kappa shape index (κ1) is 20.2. The molecule has 2 aromatic carbocycles. The van der Waals surface area contributed by atoms with Gasteiger partial charge in [-0.05, 0) is 29.3 Å². The minimum absolute atomic E-state index is 0.237. The fraction of sp³-hybridized carbons (Fsp3) is 0.200. The van der Waals surface area contributed by atoms with Crippen LogP contribution in [-0.2, 0) is 19.1 Å². The summed E-state index contributed by atoms with van der Waals surface area (Å²) in [5.41, 5.74) is 1.94. The lowest BCUT2D eigenvalue weighted by molar-refractivity contribution is -0.137. The number of hydrogen-bond donors (Lipinski definition) is 4. The Hall–Kier alpha value is -3.49. The molecule has 9 heteroatoms. The van der Waals surface area contributed by atoms with Crippen LogP contribution in [0, 0.1) is 0 Å². The highest BCUT2D eigenvalue weighted by atomic mass is 19.4. The third-order valence-corrected chi connectivity index (χ3v) is 4.44. The summed E-state index contributed by atoms with van der Waals surface area (Å²) in [4.78, 5) is 11.8. The Morgan fingerprint density at radius 3 is 2.59 bits per heavy atom. The molecule has 0 bridgehead atoms. The second-order valence-corrected chi connectivity index (χ2v) is 6.37. The molecule has 0 fully saturated rings. The number of phenolic OH excluding ortho intramolecular Hbond substituents is 1. The molecular weight excluding hydrogens is 385 g/mol. The van der Waals surface area contributed by atoms with Gasteiger partial charge in [-0.15, -0.1) is 0 Å². The van der Waals surface area contributed by atoms with Crippen LogP contribution in [0.2, 0.25) is 0 Å². The number of anilines is 1. The number of phenols is 1. The molecular formula is C20H19F3N4O2. The first-order valence-corrected chi connectivity index (χ1v) is 8.75. The molecule has 0 unspecified atom stereocenters. The fourth-order valence-electron chi connectivity index (χ4n) is 2.90. The molecule has 0 aliphatic rings. The summed E-state index contributed by atoms with van der Waals surface area (Å²) in [5.74, 6) is -0.725. The number of aromatic nitrogens is 2. The molecule has 4 N–H and O–H groups in total. The highest BCUT2D eigenvalue weighted by Gasteiger charge is 2.31. The SMILES string of the molecule is CNC(=O)c1n[nH]cc1CNc1ccccc1Cc1ccc(C(F)(F)F)cc1O. The molecule has 0 aliphatic heterocycles. The molecule has 3 aromatic rings. The van der Waals surface area contributed by atoms with Gasteiger partial charge in [0.05, 0.1) is 5.56 Å². The number of nitrogens with zero attached hydrogens (tertiary/aromatic N) is 1. The number of rotatable bonds is 6. The van der Waals surface area contributed by atoms with Gasteiger partial charge >= 0.3 is 6.18 Å². The number of aromatic hydroxyl groups is 1. The van der Waals surface area contributed by atoms with Gasteiger partial charge in [-0.3, -0.25) is 9.89 Å². The molecule has 3 rings (SSSR count). The Bertz CT molecular complexity index is 1010. The number of halogens is 3. The standard InChI is InChI=1S/C20H19F3N4O2/c1-24-19(29)18-14(11-26-27-18)10-25-16-5-3-2-4-12(16)8-13-6-7-15(9-17(13)28)20(21,22)23/h2-7,9,11,25,28H,8,10H2,1H3,(H,24,29)(H,26,27). The lowest BCUT2D eigenvalue weighted by atomic mass is 10.0. The summed E-state index contributed by atoms with van der Waals surface area (Å²) in [6, 6.07) is 10.2. The average molecular weight is 404 g/mol. The fourth-order valence-corrected chi connectivity index (χ4v) is 2.90. The van der Waals surface area contributed by atoms with Gasteiger partial charge in [0.2, 0.25) is 0 Å². The number of para-hydroxylation sites is 1. The van der Waals surface area contributed by atoms with Crippen LogP contribution in [0.25, 0.3) is 0 Å². The minimum atomic E-state index is -4.51. The van der Waals surface area contributed by atoms with E-state index in [-0.39, 0.29) is 18.0 Å². The highest BCUT2D eigenvalue weighted by molar-refractivity contribution is 5.93. The van der Waals surface area contributed by atoms with Crippen LogP contribution in [0.15, 0.2) is 48.7 Å². The van der Waals surface area contributed by atoms with Crippen LogP contribution in [0.5, 0.6) is 5.75 Å². The van der Waals surface area contributed by atoms with Crippen molar-refractivity contribution >= 4 is 11.6 Å². The molecule has 0 spiro atoms. The van der Waals surface area contributed by atoms with E-state index in [4.69, 9.17) is 0 Å². The predicted molar refractivity (Wildman–Crippen MR) is 102 cm³/mol. The van der Waals surface area contributed by atoms with Gasteiger partial charge in [-0.1, -0.05) is 24.3 Å². The smallest absolute Gasteiger partial charge is 0.416 e. The first-order chi connectivity index (χ1) is 13.8. The van der Waals surface area contributed by atoms with Crippen LogP contribution in [0.4, 0.5) is 18.9 Å². The molecule has 6 nitrogen and oxygen atoms in total. The quantitative estimate of drug-likeness (QED) is 0.504. The molecule has 152 valence electrons. The van der Waals surface area contributed by atoms with Crippen molar-refractivity contribution in [1.29, 1.82) is 0 Å². The lowest BCUT2D eigenvalue weighted by Gasteiger charge is -2.14. The van der Waals surface area contributed by atoms with Gasteiger partial charge in [0, 0.05) is 37.5 Å². The third kappa shape index (κ3) is 4.68. The number of H-pyrrole nitrogens is 1. The van der Waals surface area contributed by atoms with Crippen LogP contribution in [0.3, 0.4) is 0 Å². The molecule has 0 saturated carbocycles. The van der Waals surface area contributed by atoms with Gasteiger partial charge in [-0.25, -0.2) is 0 Å². The number of nitrogens with one attached hydrogen (secondary N) is 3. The first-order valence-electron chi connectivity index (χ1n) is 8.75. The Morgan fingerprint density at radius 1 is 1.14 bits per heavy atom. The zero-order chi connectivity index (χ0) is 21.0. The second kappa shape index (κ2) is 8.26. The molecule has 0 saturated heterocycles. The Morgan fingerprint density at radius 2 is 1.90 bits per heavy atom. The van der Waals surface area contributed by atoms with Crippen LogP contribution in [-0.4, -0.2) is 28.3 Å². The van der Waals surface area contributed by atoms with Crippen LogP contribution < -0.4 is 10.6 Å². The van der Waals surface area contributed by atoms with Crippen LogP contribution in [0.1, 0.15) is 32.7 Å². The molecule has 0 aliphatic carbocycles. The van der Waals surface area contributed by atoms with E-state index in [0.29, 0.717) is 17.7 Å². The summed E-state index contributed by atoms with van der Waals surface area (Å²) in [5, 5.41) is 22.3. The highest BCUT2D eigenvalue weighted by Crippen LogP contribution is 2.34. The Kier molecular flexibility index (Phi) is 5.76. The zero-order valence-electron chi connectivity index (χ0n) is 15.5. The van der Waals surface area contributed by atoms with E-state index in [1.165, 1.54) is 13.1 Å². The van der Waals surface area contributed by atoms with Crippen molar-refractivity contribution in [3.05, 3.63) is 76.6 Å². The average Bonchev–Trinajstić information content (AvgIpc) is 3.16. The summed E-state index contributed by atoms with van der Waals surface area (Å²) in [7, 11) is 1.51. The van der Waals surface area contributed by atoms with Crippen molar-refractivity contribution in [1.82, 2.24) is 15.5 Å². The van der Waals surface area contributed by atoms with Crippen molar-refractivity contribution in [2.45, 2.75) is 19.1 Å². The normalized spacial score (nSPS) is 11.3. The van der Waals surface area contributed by atoms with Gasteiger partial charge in [-0.2, -0.15) is 18.3 Å². The van der Waals surface area contributed by atoms with Crippen molar-refractivity contribution < 1.29 is 23.1 Å². The molecule has 1 amide bonds. The molecule has 0 radical (unpaired) electrons. The number of amides is 1. The maximum Gasteiger partial charge on any atom is 0.416 e. The number of alkyl halides is 3. The van der Waals surface area contributed by atoms with E-state index in [2.05, 4.69) is 20.8 Å². The van der Waals surface area contributed by atoms with E-state index < -0.39 is 17.5 Å². The van der Waals surface area contributed by atoms with Crippen molar-refractivity contribution in [2.75, 3.05) is 12.4 Å². The molecule has 0 atom stereocenters. The largest absolute Gasteiger partial charge is 0.508 e.